The number of hydrogen-bond donors (Lipinski definition) is 0. The Kier molecular flexibility index (Phi) is 5.55. The molecule has 4 heteroatoms. The van der Waals surface area contributed by atoms with E-state index in [4.69, 9.17) is 4.74 Å². The summed E-state index contributed by atoms with van der Waals surface area (Å²) in [5.74, 6) is -0.344. The van der Waals surface area contributed by atoms with Crippen molar-refractivity contribution in [2.24, 2.45) is 4.99 Å². The van der Waals surface area contributed by atoms with Crippen LogP contribution >= 0.6 is 0 Å². The van der Waals surface area contributed by atoms with E-state index < -0.39 is 0 Å². The van der Waals surface area contributed by atoms with Crippen LogP contribution in [0, 0.1) is 13.8 Å². The number of aromatic nitrogens is 1. The third-order valence-corrected chi connectivity index (χ3v) is 4.72. The maximum Gasteiger partial charge on any atom is 0.337 e. The summed E-state index contributed by atoms with van der Waals surface area (Å²) in [6.45, 7) is 6.40. The number of aliphatic imine (C=N–C) groups is 1. The first-order valence-corrected chi connectivity index (χ1v) is 9.04. The van der Waals surface area contributed by atoms with Gasteiger partial charge < -0.3 is 9.30 Å². The van der Waals surface area contributed by atoms with Gasteiger partial charge in [0.1, 0.15) is 0 Å². The molecule has 0 fully saturated rings. The molecule has 4 nitrogen and oxygen atoms in total. The highest BCUT2D eigenvalue weighted by Crippen LogP contribution is 2.24. The summed E-state index contributed by atoms with van der Waals surface area (Å²) in [5, 5.41) is 0. The molecule has 0 bridgehead atoms. The first-order chi connectivity index (χ1) is 13.0. The van der Waals surface area contributed by atoms with Gasteiger partial charge in [-0.15, -0.1) is 0 Å². The standard InChI is InChI=1S/C23H24N2O2/c1-5-18-8-6-7-9-22(18)25-16(2)14-20(17(25)3)15-24-21-12-10-19(11-13-21)23(26)27-4/h6-15H,5H2,1-4H3. The van der Waals surface area contributed by atoms with E-state index in [1.807, 2.05) is 18.3 Å². The van der Waals surface area contributed by atoms with E-state index in [1.54, 1.807) is 12.1 Å². The molecule has 0 unspecified atom stereocenters. The predicted octanol–water partition coefficient (Wildman–Crippen LogP) is 5.19. The summed E-state index contributed by atoms with van der Waals surface area (Å²) >= 11 is 0. The molecule has 27 heavy (non-hydrogen) atoms. The Labute approximate surface area is 160 Å². The fourth-order valence-corrected chi connectivity index (χ4v) is 3.26. The van der Waals surface area contributed by atoms with Crippen LogP contribution in [-0.4, -0.2) is 23.9 Å². The van der Waals surface area contributed by atoms with Crippen molar-refractivity contribution in [2.75, 3.05) is 7.11 Å². The van der Waals surface area contributed by atoms with Crippen molar-refractivity contribution in [1.29, 1.82) is 0 Å². The van der Waals surface area contributed by atoms with Crippen molar-refractivity contribution in [3.05, 3.63) is 82.7 Å². The second kappa shape index (κ2) is 8.04. The quantitative estimate of drug-likeness (QED) is 0.464. The highest BCUT2D eigenvalue weighted by molar-refractivity contribution is 5.90. The average Bonchev–Trinajstić information content (AvgIpc) is 2.99. The highest BCUT2D eigenvalue weighted by atomic mass is 16.5. The first-order valence-electron chi connectivity index (χ1n) is 9.04. The molecule has 0 N–H and O–H groups in total. The maximum atomic E-state index is 11.5. The molecule has 3 aromatic rings. The number of rotatable bonds is 5. The topological polar surface area (TPSA) is 43.6 Å². The number of hydrogen-bond acceptors (Lipinski definition) is 3. The van der Waals surface area contributed by atoms with E-state index >= 15 is 0 Å². The molecule has 0 saturated heterocycles. The van der Waals surface area contributed by atoms with Gasteiger partial charge >= 0.3 is 5.97 Å². The molecule has 3 rings (SSSR count). The van der Waals surface area contributed by atoms with Crippen LogP contribution in [0.5, 0.6) is 0 Å². The van der Waals surface area contributed by atoms with Gasteiger partial charge in [-0.3, -0.25) is 4.99 Å². The van der Waals surface area contributed by atoms with Crippen LogP contribution in [0.15, 0.2) is 59.6 Å². The van der Waals surface area contributed by atoms with Gasteiger partial charge in [-0.1, -0.05) is 25.1 Å². The third kappa shape index (κ3) is 3.85. The molecule has 1 heterocycles. The molecule has 0 aliphatic rings. The summed E-state index contributed by atoms with van der Waals surface area (Å²) in [6, 6.07) is 17.7. The molecule has 2 aromatic carbocycles. The van der Waals surface area contributed by atoms with Gasteiger partial charge in [0.05, 0.1) is 18.4 Å². The Bertz CT molecular complexity index is 982. The van der Waals surface area contributed by atoms with Crippen molar-refractivity contribution in [3.8, 4) is 5.69 Å². The lowest BCUT2D eigenvalue weighted by atomic mass is 10.1. The van der Waals surface area contributed by atoms with Crippen molar-refractivity contribution < 1.29 is 9.53 Å². The van der Waals surface area contributed by atoms with Gasteiger partial charge in [0, 0.05) is 28.9 Å². The molecule has 0 atom stereocenters. The Hall–Kier alpha value is -3.14. The number of benzene rings is 2. The minimum Gasteiger partial charge on any atom is -0.465 e. The van der Waals surface area contributed by atoms with E-state index in [1.165, 1.54) is 24.1 Å². The van der Waals surface area contributed by atoms with Crippen molar-refractivity contribution in [3.63, 3.8) is 0 Å². The zero-order valence-corrected chi connectivity index (χ0v) is 16.2. The molecule has 0 aliphatic heterocycles. The van der Waals surface area contributed by atoms with E-state index in [0.29, 0.717) is 5.56 Å². The number of nitrogens with zero attached hydrogens (tertiary/aromatic N) is 2. The van der Waals surface area contributed by atoms with Crippen molar-refractivity contribution in [2.45, 2.75) is 27.2 Å². The minimum atomic E-state index is -0.344. The SMILES string of the molecule is CCc1ccccc1-n1c(C)cc(C=Nc2ccc(C(=O)OC)cc2)c1C. The monoisotopic (exact) mass is 360 g/mol. The molecule has 0 radical (unpaired) electrons. The molecule has 0 aliphatic carbocycles. The summed E-state index contributed by atoms with van der Waals surface area (Å²) in [4.78, 5) is 16.1. The van der Waals surface area contributed by atoms with Gasteiger partial charge in [-0.2, -0.15) is 0 Å². The Balaban J connectivity index is 1.91. The largest absolute Gasteiger partial charge is 0.465 e. The number of carbonyl (C=O) groups excluding carboxylic acids is 1. The van der Waals surface area contributed by atoms with E-state index in [2.05, 4.69) is 60.7 Å². The van der Waals surface area contributed by atoms with Crippen LogP contribution in [-0.2, 0) is 11.2 Å². The second-order valence-electron chi connectivity index (χ2n) is 6.44. The normalized spacial score (nSPS) is 11.1. The maximum absolute atomic E-state index is 11.5. The van der Waals surface area contributed by atoms with Crippen molar-refractivity contribution >= 4 is 17.9 Å². The predicted molar refractivity (Wildman–Crippen MR) is 110 cm³/mol. The molecule has 0 amide bonds. The smallest absolute Gasteiger partial charge is 0.337 e. The third-order valence-electron chi connectivity index (χ3n) is 4.72. The van der Waals surface area contributed by atoms with Crippen LogP contribution in [0.25, 0.3) is 5.69 Å². The molecule has 0 saturated carbocycles. The fourth-order valence-electron chi connectivity index (χ4n) is 3.26. The molecular weight excluding hydrogens is 336 g/mol. The minimum absolute atomic E-state index is 0.344. The van der Waals surface area contributed by atoms with Gasteiger partial charge in [0.15, 0.2) is 0 Å². The zero-order valence-electron chi connectivity index (χ0n) is 16.2. The Morgan fingerprint density at radius 2 is 1.81 bits per heavy atom. The summed E-state index contributed by atoms with van der Waals surface area (Å²) in [6.07, 6.45) is 2.86. The van der Waals surface area contributed by atoms with Crippen LogP contribution in [0.2, 0.25) is 0 Å². The lowest BCUT2D eigenvalue weighted by molar-refractivity contribution is 0.0601. The van der Waals surface area contributed by atoms with Gasteiger partial charge in [-0.25, -0.2) is 4.79 Å². The lowest BCUT2D eigenvalue weighted by Gasteiger charge is -2.13. The highest BCUT2D eigenvalue weighted by Gasteiger charge is 2.11. The van der Waals surface area contributed by atoms with E-state index in [0.717, 1.165) is 23.4 Å². The van der Waals surface area contributed by atoms with Gasteiger partial charge in [0.25, 0.3) is 0 Å². The van der Waals surface area contributed by atoms with E-state index in [-0.39, 0.29) is 5.97 Å². The fraction of sp³-hybridized carbons (Fsp3) is 0.217. The van der Waals surface area contributed by atoms with Crippen molar-refractivity contribution in [1.82, 2.24) is 4.57 Å². The van der Waals surface area contributed by atoms with Crippen LogP contribution < -0.4 is 0 Å². The number of methoxy groups -OCH3 is 1. The number of esters is 1. The lowest BCUT2D eigenvalue weighted by Crippen LogP contribution is -2.03. The first kappa shape index (κ1) is 18.6. The molecule has 1 aromatic heterocycles. The van der Waals surface area contributed by atoms with E-state index in [9.17, 15) is 4.79 Å². The molecule has 0 spiro atoms. The number of ether oxygens (including phenoxy) is 1. The van der Waals surface area contributed by atoms with Crippen LogP contribution in [0.1, 0.15) is 39.8 Å². The number of carbonyl (C=O) groups is 1. The summed E-state index contributed by atoms with van der Waals surface area (Å²) in [5.41, 5.74) is 7.26. The molecule has 138 valence electrons. The summed E-state index contributed by atoms with van der Waals surface area (Å²) < 4.78 is 7.00. The zero-order chi connectivity index (χ0) is 19.4. The summed E-state index contributed by atoms with van der Waals surface area (Å²) in [7, 11) is 1.38. The average molecular weight is 360 g/mol. The van der Waals surface area contributed by atoms with Gasteiger partial charge in [-0.05, 0) is 62.2 Å². The second-order valence-corrected chi connectivity index (χ2v) is 6.44. The Morgan fingerprint density at radius 3 is 2.48 bits per heavy atom. The number of para-hydroxylation sites is 1. The van der Waals surface area contributed by atoms with Gasteiger partial charge in [0.2, 0.25) is 0 Å². The van der Waals surface area contributed by atoms with Crippen LogP contribution in [0.4, 0.5) is 5.69 Å². The molecular formula is C23H24N2O2. The number of aryl methyl sites for hydroxylation is 2. The van der Waals surface area contributed by atoms with Crippen LogP contribution in [0.3, 0.4) is 0 Å². The Morgan fingerprint density at radius 1 is 1.11 bits per heavy atom.